The number of benzene rings is 1. The van der Waals surface area contributed by atoms with E-state index in [-0.39, 0.29) is 35.6 Å². The number of carbonyl (C=O) groups excluding carboxylic acids is 1. The van der Waals surface area contributed by atoms with Gasteiger partial charge in [0.25, 0.3) is 0 Å². The molecule has 0 spiro atoms. The molecule has 1 heterocycles. The summed E-state index contributed by atoms with van der Waals surface area (Å²) in [5, 5.41) is 21.1. The van der Waals surface area contributed by atoms with Crippen molar-refractivity contribution in [3.63, 3.8) is 0 Å². The lowest BCUT2D eigenvalue weighted by Crippen LogP contribution is -2.35. The predicted octanol–water partition coefficient (Wildman–Crippen LogP) is 3.97. The van der Waals surface area contributed by atoms with E-state index >= 15 is 0 Å². The first-order chi connectivity index (χ1) is 14.0. The molecule has 160 valence electrons. The molecule has 6 atom stereocenters. The fourth-order valence-corrected chi connectivity index (χ4v) is 5.52. The molecular formula is C23H32O5S. The van der Waals surface area contributed by atoms with Crippen LogP contribution in [0.1, 0.15) is 45.4 Å². The molecule has 1 aromatic carbocycles. The van der Waals surface area contributed by atoms with Crippen LogP contribution in [-0.2, 0) is 9.53 Å². The summed E-state index contributed by atoms with van der Waals surface area (Å²) in [4.78, 5) is 13.5. The average Bonchev–Trinajstić information content (AvgIpc) is 3.07. The van der Waals surface area contributed by atoms with Crippen molar-refractivity contribution < 1.29 is 24.5 Å². The molecule has 3 rings (SSSR count). The molecule has 1 aliphatic heterocycles. The highest BCUT2D eigenvalue weighted by Gasteiger charge is 2.40. The molecule has 0 unspecified atom stereocenters. The molecule has 1 aromatic rings. The highest BCUT2D eigenvalue weighted by Crippen LogP contribution is 2.41. The van der Waals surface area contributed by atoms with Crippen molar-refractivity contribution in [3.05, 3.63) is 36.4 Å². The van der Waals surface area contributed by atoms with E-state index in [1.165, 1.54) is 11.8 Å². The van der Waals surface area contributed by atoms with Crippen molar-refractivity contribution in [2.75, 3.05) is 7.11 Å². The maximum Gasteiger partial charge on any atom is 0.307 e. The number of allylic oxidation sites excluding steroid dienone is 2. The van der Waals surface area contributed by atoms with Crippen LogP contribution in [0.4, 0.5) is 0 Å². The second-order valence-electron chi connectivity index (χ2n) is 8.14. The zero-order valence-corrected chi connectivity index (χ0v) is 18.0. The van der Waals surface area contributed by atoms with Crippen molar-refractivity contribution >= 4 is 17.7 Å². The number of hydrogen-bond acceptors (Lipinski definition) is 6. The average molecular weight is 421 g/mol. The quantitative estimate of drug-likeness (QED) is 0.569. The van der Waals surface area contributed by atoms with Gasteiger partial charge < -0.3 is 19.7 Å². The molecule has 0 saturated heterocycles. The molecule has 1 fully saturated rings. The van der Waals surface area contributed by atoms with Gasteiger partial charge in [0.15, 0.2) is 0 Å². The van der Waals surface area contributed by atoms with E-state index in [1.807, 2.05) is 31.2 Å². The van der Waals surface area contributed by atoms with Gasteiger partial charge in [0.1, 0.15) is 5.75 Å². The highest BCUT2D eigenvalue weighted by atomic mass is 32.2. The number of fused-ring (bicyclic) bond motifs is 1. The van der Waals surface area contributed by atoms with Gasteiger partial charge in [-0.3, -0.25) is 4.79 Å². The fraction of sp³-hybridized carbons (Fsp3) is 0.609. The number of esters is 1. The Morgan fingerprint density at radius 3 is 2.66 bits per heavy atom. The molecule has 2 aliphatic rings. The molecule has 1 aliphatic carbocycles. The third kappa shape index (κ3) is 6.24. The smallest absolute Gasteiger partial charge is 0.307 e. The molecular weight excluding hydrogens is 388 g/mol. The van der Waals surface area contributed by atoms with Gasteiger partial charge in [-0.05, 0) is 75.1 Å². The van der Waals surface area contributed by atoms with E-state index in [0.29, 0.717) is 12.8 Å². The van der Waals surface area contributed by atoms with Gasteiger partial charge in [-0.15, -0.1) is 11.8 Å². The Hall–Kier alpha value is -1.50. The molecule has 1 saturated carbocycles. The van der Waals surface area contributed by atoms with Crippen LogP contribution in [0.3, 0.4) is 0 Å². The number of aliphatic hydroxyl groups is 2. The van der Waals surface area contributed by atoms with Gasteiger partial charge in [-0.2, -0.15) is 0 Å². The van der Waals surface area contributed by atoms with E-state index in [9.17, 15) is 15.0 Å². The number of carbonyl (C=O) groups is 1. The number of methoxy groups -OCH3 is 1. The lowest BCUT2D eigenvalue weighted by atomic mass is 9.87. The molecule has 0 amide bonds. The normalized spacial score (nSPS) is 34.8. The Labute approximate surface area is 177 Å². The van der Waals surface area contributed by atoms with E-state index < -0.39 is 12.2 Å². The zero-order chi connectivity index (χ0) is 20.8. The van der Waals surface area contributed by atoms with Gasteiger partial charge in [-0.1, -0.05) is 12.2 Å². The number of thioether (sulfide) groups is 1. The minimum atomic E-state index is -0.711. The Morgan fingerprint density at radius 1 is 1.17 bits per heavy atom. The maximum atomic E-state index is 12.6. The van der Waals surface area contributed by atoms with Crippen LogP contribution in [0.5, 0.6) is 5.75 Å². The Morgan fingerprint density at radius 2 is 1.93 bits per heavy atom. The van der Waals surface area contributed by atoms with Crippen molar-refractivity contribution in [2.45, 2.75) is 73.9 Å². The van der Waals surface area contributed by atoms with E-state index in [1.54, 1.807) is 7.11 Å². The van der Waals surface area contributed by atoms with Crippen molar-refractivity contribution in [3.8, 4) is 5.75 Å². The Balaban J connectivity index is 1.82. The largest absolute Gasteiger partial charge is 0.497 e. The topological polar surface area (TPSA) is 76.0 Å². The van der Waals surface area contributed by atoms with E-state index in [0.717, 1.165) is 29.9 Å². The molecule has 6 heteroatoms. The SMILES string of the molecule is COc1ccc(S[C@H]2CC(=O)O[C@@H](C)CCC/C=C/[C@@H]3C[C@H](O)C[C@H]3[C@@H]2O)cc1. The van der Waals surface area contributed by atoms with Crippen LogP contribution in [-0.4, -0.2) is 46.9 Å². The van der Waals surface area contributed by atoms with Crippen LogP contribution < -0.4 is 4.74 Å². The first-order valence-corrected chi connectivity index (χ1v) is 11.4. The summed E-state index contributed by atoms with van der Waals surface area (Å²) in [7, 11) is 1.62. The van der Waals surface area contributed by atoms with Gasteiger partial charge in [-0.25, -0.2) is 0 Å². The molecule has 0 bridgehead atoms. The lowest BCUT2D eigenvalue weighted by Gasteiger charge is -2.29. The molecule has 0 radical (unpaired) electrons. The monoisotopic (exact) mass is 420 g/mol. The second-order valence-corrected chi connectivity index (χ2v) is 9.45. The molecule has 5 nitrogen and oxygen atoms in total. The number of cyclic esters (lactones) is 1. The zero-order valence-electron chi connectivity index (χ0n) is 17.2. The first kappa shape index (κ1) is 22.2. The lowest BCUT2D eigenvalue weighted by molar-refractivity contribution is -0.149. The maximum absolute atomic E-state index is 12.6. The summed E-state index contributed by atoms with van der Waals surface area (Å²) in [5.74, 6) is 0.559. The van der Waals surface area contributed by atoms with Crippen LogP contribution in [0, 0.1) is 11.8 Å². The number of hydrogen-bond donors (Lipinski definition) is 2. The van der Waals surface area contributed by atoms with Crippen LogP contribution >= 0.6 is 11.8 Å². The van der Waals surface area contributed by atoms with E-state index in [2.05, 4.69) is 12.2 Å². The van der Waals surface area contributed by atoms with Gasteiger partial charge in [0.2, 0.25) is 0 Å². The molecule has 29 heavy (non-hydrogen) atoms. The minimum absolute atomic E-state index is 0.0667. The third-order valence-corrected chi connectivity index (χ3v) is 7.16. The summed E-state index contributed by atoms with van der Waals surface area (Å²) in [5.41, 5.74) is 0. The second kappa shape index (κ2) is 10.5. The van der Waals surface area contributed by atoms with Gasteiger partial charge in [0.05, 0.1) is 31.8 Å². The summed E-state index contributed by atoms with van der Waals surface area (Å²) in [6.45, 7) is 1.92. The highest BCUT2D eigenvalue weighted by molar-refractivity contribution is 8.00. The van der Waals surface area contributed by atoms with Crippen LogP contribution in [0.15, 0.2) is 41.3 Å². The van der Waals surface area contributed by atoms with Gasteiger partial charge >= 0.3 is 5.97 Å². The summed E-state index contributed by atoms with van der Waals surface area (Å²) in [6, 6.07) is 7.62. The Kier molecular flexibility index (Phi) is 8.04. The number of aliphatic hydroxyl groups excluding tert-OH is 2. The van der Waals surface area contributed by atoms with Crippen molar-refractivity contribution in [1.82, 2.24) is 0 Å². The summed E-state index contributed by atoms with van der Waals surface area (Å²) < 4.78 is 10.8. The van der Waals surface area contributed by atoms with Gasteiger partial charge in [0, 0.05) is 10.1 Å². The summed E-state index contributed by atoms with van der Waals surface area (Å²) >= 11 is 1.49. The number of ether oxygens (including phenoxy) is 2. The minimum Gasteiger partial charge on any atom is -0.497 e. The fourth-order valence-electron chi connectivity index (χ4n) is 4.31. The molecule has 0 aromatic heterocycles. The summed E-state index contributed by atoms with van der Waals surface area (Å²) in [6.07, 6.45) is 7.14. The standard InChI is InChI=1S/C23H32O5S/c1-15-6-4-3-5-7-16-12-17(24)13-20(16)23(26)21(14-22(25)28-15)29-19-10-8-18(27-2)9-11-19/h5,7-11,15-17,20-21,23-24,26H,3-4,6,12-14H2,1-2H3/b7-5+/t15-,16+,17-,20+,21-,23-/m0/s1. The third-order valence-electron chi connectivity index (χ3n) is 5.87. The first-order valence-electron chi connectivity index (χ1n) is 10.5. The van der Waals surface area contributed by atoms with Crippen LogP contribution in [0.2, 0.25) is 0 Å². The van der Waals surface area contributed by atoms with Crippen molar-refractivity contribution in [1.29, 1.82) is 0 Å². The van der Waals surface area contributed by atoms with Crippen LogP contribution in [0.25, 0.3) is 0 Å². The number of rotatable bonds is 3. The van der Waals surface area contributed by atoms with Crippen molar-refractivity contribution in [2.24, 2.45) is 11.8 Å². The predicted molar refractivity (Wildman–Crippen MR) is 114 cm³/mol. The van der Waals surface area contributed by atoms with E-state index in [4.69, 9.17) is 9.47 Å². The molecule has 2 N–H and O–H groups in total. The Bertz CT molecular complexity index is 689.